The first-order valence-corrected chi connectivity index (χ1v) is 11.2. The molecule has 5 nitrogen and oxygen atoms in total. The predicted molar refractivity (Wildman–Crippen MR) is 131 cm³/mol. The lowest BCUT2D eigenvalue weighted by molar-refractivity contribution is -0.114. The Hall–Kier alpha value is -3.47. The maximum absolute atomic E-state index is 12.3. The monoisotopic (exact) mass is 432 g/mol. The molecule has 0 spiro atoms. The van der Waals surface area contributed by atoms with E-state index in [2.05, 4.69) is 41.8 Å². The standard InChI is InChI=1S/C27H32N2O3/c1-3-21(2)32-26-13-7-12-24(19-26)29-27(30)20-28-23-14-16-25(17-15-23)31-18-8-11-22-9-5-4-6-10-22/h4-7,9-10,12-17,19,21,28H,3,8,11,18,20H2,1-2H3,(H,29,30). The molecule has 0 aliphatic carbocycles. The Bertz CT molecular complexity index is 958. The number of hydrogen-bond donors (Lipinski definition) is 2. The third kappa shape index (κ3) is 7.99. The number of hydrogen-bond acceptors (Lipinski definition) is 4. The van der Waals surface area contributed by atoms with Crippen LogP contribution < -0.4 is 20.1 Å². The van der Waals surface area contributed by atoms with Crippen LogP contribution in [-0.2, 0) is 11.2 Å². The number of carbonyl (C=O) groups is 1. The van der Waals surface area contributed by atoms with Gasteiger partial charge in [-0.05, 0) is 68.1 Å². The summed E-state index contributed by atoms with van der Waals surface area (Å²) in [6, 6.07) is 25.5. The molecule has 0 aliphatic heterocycles. The van der Waals surface area contributed by atoms with E-state index in [1.54, 1.807) is 0 Å². The first kappa shape index (κ1) is 23.2. The van der Waals surface area contributed by atoms with Crippen molar-refractivity contribution in [3.8, 4) is 11.5 Å². The van der Waals surface area contributed by atoms with E-state index in [4.69, 9.17) is 9.47 Å². The van der Waals surface area contributed by atoms with E-state index >= 15 is 0 Å². The van der Waals surface area contributed by atoms with Crippen LogP contribution in [0.4, 0.5) is 11.4 Å². The number of ether oxygens (including phenoxy) is 2. The van der Waals surface area contributed by atoms with Crippen LogP contribution in [0.15, 0.2) is 78.9 Å². The Labute approximate surface area is 190 Å². The van der Waals surface area contributed by atoms with Gasteiger partial charge in [-0.1, -0.05) is 43.3 Å². The SMILES string of the molecule is CCC(C)Oc1cccc(NC(=O)CNc2ccc(OCCCc3ccccc3)cc2)c1. The second kappa shape index (κ2) is 12.4. The van der Waals surface area contributed by atoms with Crippen LogP contribution in [0.3, 0.4) is 0 Å². The molecule has 1 unspecified atom stereocenters. The normalized spacial score (nSPS) is 11.4. The van der Waals surface area contributed by atoms with Gasteiger partial charge in [0.25, 0.3) is 0 Å². The summed E-state index contributed by atoms with van der Waals surface area (Å²) < 4.78 is 11.6. The van der Waals surface area contributed by atoms with Crippen LogP contribution >= 0.6 is 0 Å². The molecule has 0 bridgehead atoms. The van der Waals surface area contributed by atoms with Crippen LogP contribution in [0.25, 0.3) is 0 Å². The molecule has 0 saturated carbocycles. The van der Waals surface area contributed by atoms with E-state index in [1.807, 2.05) is 61.5 Å². The van der Waals surface area contributed by atoms with Gasteiger partial charge in [-0.25, -0.2) is 0 Å². The van der Waals surface area contributed by atoms with Gasteiger partial charge in [0.15, 0.2) is 0 Å². The smallest absolute Gasteiger partial charge is 0.243 e. The van der Waals surface area contributed by atoms with E-state index in [0.717, 1.165) is 42.1 Å². The number of aryl methyl sites for hydroxylation is 1. The summed E-state index contributed by atoms with van der Waals surface area (Å²) in [6.45, 7) is 4.94. The van der Waals surface area contributed by atoms with Gasteiger partial charge >= 0.3 is 0 Å². The van der Waals surface area contributed by atoms with Gasteiger partial charge in [-0.2, -0.15) is 0 Å². The summed E-state index contributed by atoms with van der Waals surface area (Å²) in [7, 11) is 0. The topological polar surface area (TPSA) is 59.6 Å². The molecule has 3 aromatic carbocycles. The molecule has 0 aliphatic rings. The first-order valence-electron chi connectivity index (χ1n) is 11.2. The Kier molecular flexibility index (Phi) is 8.99. The van der Waals surface area contributed by atoms with Crippen molar-refractivity contribution in [3.63, 3.8) is 0 Å². The van der Waals surface area contributed by atoms with Gasteiger partial charge in [0.2, 0.25) is 5.91 Å². The molecule has 0 aromatic heterocycles. The Balaban J connectivity index is 1.38. The highest BCUT2D eigenvalue weighted by atomic mass is 16.5. The van der Waals surface area contributed by atoms with Crippen LogP contribution in [0.1, 0.15) is 32.3 Å². The van der Waals surface area contributed by atoms with Gasteiger partial charge in [0.05, 0.1) is 19.3 Å². The molecule has 5 heteroatoms. The number of benzene rings is 3. The lowest BCUT2D eigenvalue weighted by Crippen LogP contribution is -2.21. The Morgan fingerprint density at radius 3 is 2.44 bits per heavy atom. The summed E-state index contributed by atoms with van der Waals surface area (Å²) in [5, 5.41) is 6.03. The molecule has 3 rings (SSSR count). The second-order valence-electron chi connectivity index (χ2n) is 7.73. The maximum atomic E-state index is 12.3. The molecule has 0 heterocycles. The number of carbonyl (C=O) groups excluding carboxylic acids is 1. The van der Waals surface area contributed by atoms with Gasteiger partial charge in [-0.3, -0.25) is 4.79 Å². The zero-order valence-electron chi connectivity index (χ0n) is 18.8. The van der Waals surface area contributed by atoms with Crippen molar-refractivity contribution in [1.82, 2.24) is 0 Å². The molecular weight excluding hydrogens is 400 g/mol. The third-order valence-corrected chi connectivity index (χ3v) is 5.06. The summed E-state index contributed by atoms with van der Waals surface area (Å²) in [6.07, 6.45) is 3.03. The van der Waals surface area contributed by atoms with Crippen molar-refractivity contribution in [2.45, 2.75) is 39.2 Å². The maximum Gasteiger partial charge on any atom is 0.243 e. The highest BCUT2D eigenvalue weighted by molar-refractivity contribution is 5.93. The first-order chi connectivity index (χ1) is 15.6. The summed E-state index contributed by atoms with van der Waals surface area (Å²) >= 11 is 0. The molecule has 0 saturated heterocycles. The summed E-state index contributed by atoms with van der Waals surface area (Å²) in [5.41, 5.74) is 2.91. The number of anilines is 2. The van der Waals surface area contributed by atoms with Crippen molar-refractivity contribution < 1.29 is 14.3 Å². The zero-order chi connectivity index (χ0) is 22.6. The fraction of sp³-hybridized carbons (Fsp3) is 0.296. The molecule has 32 heavy (non-hydrogen) atoms. The lowest BCUT2D eigenvalue weighted by atomic mass is 10.1. The molecule has 0 radical (unpaired) electrons. The molecular formula is C27H32N2O3. The Morgan fingerprint density at radius 1 is 0.906 bits per heavy atom. The van der Waals surface area contributed by atoms with E-state index in [0.29, 0.717) is 6.61 Å². The van der Waals surface area contributed by atoms with Gasteiger partial charge < -0.3 is 20.1 Å². The zero-order valence-corrected chi connectivity index (χ0v) is 18.8. The van der Waals surface area contributed by atoms with E-state index in [9.17, 15) is 4.79 Å². The fourth-order valence-corrected chi connectivity index (χ4v) is 3.13. The molecule has 168 valence electrons. The number of nitrogens with one attached hydrogen (secondary N) is 2. The van der Waals surface area contributed by atoms with Crippen molar-refractivity contribution >= 4 is 17.3 Å². The largest absolute Gasteiger partial charge is 0.494 e. The predicted octanol–water partition coefficient (Wildman–Crippen LogP) is 5.93. The highest BCUT2D eigenvalue weighted by Crippen LogP contribution is 2.20. The minimum atomic E-state index is -0.119. The summed E-state index contributed by atoms with van der Waals surface area (Å²) in [4.78, 5) is 12.3. The van der Waals surface area contributed by atoms with Crippen LogP contribution in [0, 0.1) is 0 Å². The fourth-order valence-electron chi connectivity index (χ4n) is 3.13. The third-order valence-electron chi connectivity index (χ3n) is 5.06. The van der Waals surface area contributed by atoms with E-state index in [-0.39, 0.29) is 18.6 Å². The average Bonchev–Trinajstić information content (AvgIpc) is 2.82. The van der Waals surface area contributed by atoms with Crippen molar-refractivity contribution in [1.29, 1.82) is 0 Å². The second-order valence-corrected chi connectivity index (χ2v) is 7.73. The van der Waals surface area contributed by atoms with Gasteiger partial charge in [-0.15, -0.1) is 0 Å². The van der Waals surface area contributed by atoms with E-state index < -0.39 is 0 Å². The number of rotatable bonds is 12. The molecule has 2 N–H and O–H groups in total. The summed E-state index contributed by atoms with van der Waals surface area (Å²) in [5.74, 6) is 1.46. The molecule has 3 aromatic rings. The van der Waals surface area contributed by atoms with Crippen molar-refractivity contribution in [2.75, 3.05) is 23.8 Å². The minimum Gasteiger partial charge on any atom is -0.494 e. The number of amides is 1. The molecule has 1 amide bonds. The van der Waals surface area contributed by atoms with E-state index in [1.165, 1.54) is 5.56 Å². The molecule has 0 fully saturated rings. The quantitative estimate of drug-likeness (QED) is 0.349. The van der Waals surface area contributed by atoms with Gasteiger partial charge in [0.1, 0.15) is 11.5 Å². The lowest BCUT2D eigenvalue weighted by Gasteiger charge is -2.14. The Morgan fingerprint density at radius 2 is 1.69 bits per heavy atom. The average molecular weight is 433 g/mol. The van der Waals surface area contributed by atoms with Crippen LogP contribution in [0.2, 0.25) is 0 Å². The van der Waals surface area contributed by atoms with Crippen LogP contribution in [0.5, 0.6) is 11.5 Å². The van der Waals surface area contributed by atoms with Crippen molar-refractivity contribution in [2.24, 2.45) is 0 Å². The minimum absolute atomic E-state index is 0.119. The van der Waals surface area contributed by atoms with Crippen LogP contribution in [-0.4, -0.2) is 25.2 Å². The molecule has 1 atom stereocenters. The van der Waals surface area contributed by atoms with Crippen molar-refractivity contribution in [3.05, 3.63) is 84.4 Å². The van der Waals surface area contributed by atoms with Gasteiger partial charge in [0, 0.05) is 17.4 Å². The highest BCUT2D eigenvalue weighted by Gasteiger charge is 2.06.